The minimum atomic E-state index is -1.04. The lowest BCUT2D eigenvalue weighted by molar-refractivity contribution is -0.138. The number of alkyl halides is 1. The molecule has 1 aliphatic rings. The molecule has 0 spiro atoms. The van der Waals surface area contributed by atoms with E-state index >= 15 is 0 Å². The normalized spacial score (nSPS) is 15.2. The van der Waals surface area contributed by atoms with E-state index in [1.165, 1.54) is 0 Å². The Balaban J connectivity index is 2.17. The molecule has 0 aliphatic carbocycles. The number of hydrogen-bond acceptors (Lipinski definition) is 4. The molecule has 1 fully saturated rings. The first kappa shape index (κ1) is 13.6. The van der Waals surface area contributed by atoms with Crippen molar-refractivity contribution in [2.75, 3.05) is 31.3 Å². The summed E-state index contributed by atoms with van der Waals surface area (Å²) in [4.78, 5) is 13.0. The number of anilines is 1. The van der Waals surface area contributed by atoms with Gasteiger partial charge in [0.25, 0.3) is 0 Å². The summed E-state index contributed by atoms with van der Waals surface area (Å²) in [6.45, 7) is 1.35. The average Bonchev–Trinajstić information content (AvgIpc) is 3.20. The summed E-state index contributed by atoms with van der Waals surface area (Å²) in [6.07, 6.45) is 0.230. The van der Waals surface area contributed by atoms with Gasteiger partial charge in [0.05, 0.1) is 0 Å². The molecule has 0 amide bonds. The van der Waals surface area contributed by atoms with Crippen molar-refractivity contribution in [3.8, 4) is 5.75 Å². The molecule has 1 aromatic rings. The molecule has 0 saturated carbocycles. The highest BCUT2D eigenvalue weighted by Crippen LogP contribution is 2.30. The maximum absolute atomic E-state index is 12.1. The van der Waals surface area contributed by atoms with Gasteiger partial charge in [0.2, 0.25) is 0 Å². The summed E-state index contributed by atoms with van der Waals surface area (Å²) >= 11 is 0. The number of rotatable bonds is 7. The van der Waals surface area contributed by atoms with Crippen LogP contribution in [0.15, 0.2) is 18.2 Å². The molecule has 1 aromatic carbocycles. The number of ether oxygens (including phenoxy) is 1. The highest BCUT2D eigenvalue weighted by molar-refractivity contribution is 5.74. The molecule has 0 radical (unpaired) electrons. The fraction of sp³-hybridized carbons (Fsp3) is 0.462. The zero-order chi connectivity index (χ0) is 13.8. The maximum Gasteiger partial charge on any atom is 0.320 e. The third kappa shape index (κ3) is 3.57. The van der Waals surface area contributed by atoms with E-state index < -0.39 is 18.7 Å². The molecule has 19 heavy (non-hydrogen) atoms. The Morgan fingerprint density at radius 3 is 2.84 bits per heavy atom. The predicted molar refractivity (Wildman–Crippen MR) is 69.4 cm³/mol. The van der Waals surface area contributed by atoms with E-state index in [0.717, 1.165) is 24.3 Å². The van der Waals surface area contributed by atoms with Crippen LogP contribution in [0.3, 0.4) is 0 Å². The Morgan fingerprint density at radius 2 is 2.26 bits per heavy atom. The standard InChI is InChI=1S/C13H17FN2O3/c14-3-6-19-10-1-2-12(16-4-5-16)9(7-10)8-11(15)13(17)18/h1-2,7,11H,3-6,8,15H2,(H,17,18). The number of benzene rings is 1. The number of halogens is 1. The van der Waals surface area contributed by atoms with Crippen LogP contribution in [-0.2, 0) is 11.2 Å². The third-order valence-electron chi connectivity index (χ3n) is 2.94. The summed E-state index contributed by atoms with van der Waals surface area (Å²) in [7, 11) is 0. The topological polar surface area (TPSA) is 75.6 Å². The monoisotopic (exact) mass is 268 g/mol. The van der Waals surface area contributed by atoms with E-state index in [2.05, 4.69) is 4.90 Å². The Labute approximate surface area is 110 Å². The number of hydrogen-bond donors (Lipinski definition) is 2. The van der Waals surface area contributed by atoms with Crippen molar-refractivity contribution in [2.45, 2.75) is 12.5 Å². The second-order valence-corrected chi connectivity index (χ2v) is 4.46. The lowest BCUT2D eigenvalue weighted by Gasteiger charge is -2.15. The van der Waals surface area contributed by atoms with Gasteiger partial charge >= 0.3 is 5.97 Å². The lowest BCUT2D eigenvalue weighted by Crippen LogP contribution is -2.32. The highest BCUT2D eigenvalue weighted by Gasteiger charge is 2.23. The van der Waals surface area contributed by atoms with E-state index in [1.807, 2.05) is 6.07 Å². The summed E-state index contributed by atoms with van der Waals surface area (Å²) in [5.74, 6) is -0.498. The second kappa shape index (κ2) is 5.88. The SMILES string of the molecule is NC(Cc1cc(OCCF)ccc1N1CC1)C(=O)O. The molecule has 0 aromatic heterocycles. The van der Waals surface area contributed by atoms with Crippen molar-refractivity contribution in [2.24, 2.45) is 5.73 Å². The van der Waals surface area contributed by atoms with Crippen LogP contribution in [0.1, 0.15) is 5.56 Å². The van der Waals surface area contributed by atoms with Crippen LogP contribution in [0.4, 0.5) is 10.1 Å². The van der Waals surface area contributed by atoms with Crippen LogP contribution >= 0.6 is 0 Å². The first-order valence-corrected chi connectivity index (χ1v) is 6.17. The summed E-state index contributed by atoms with van der Waals surface area (Å²) in [5, 5.41) is 8.88. The maximum atomic E-state index is 12.1. The quantitative estimate of drug-likeness (QED) is 0.716. The first-order valence-electron chi connectivity index (χ1n) is 6.17. The number of aliphatic carboxylic acids is 1. The van der Waals surface area contributed by atoms with E-state index in [9.17, 15) is 9.18 Å². The zero-order valence-corrected chi connectivity index (χ0v) is 10.5. The predicted octanol–water partition coefficient (Wildman–Crippen LogP) is 0.809. The Bertz CT molecular complexity index is 463. The Morgan fingerprint density at radius 1 is 1.53 bits per heavy atom. The van der Waals surface area contributed by atoms with E-state index in [4.69, 9.17) is 15.6 Å². The van der Waals surface area contributed by atoms with Crippen molar-refractivity contribution < 1.29 is 19.0 Å². The summed E-state index contributed by atoms with van der Waals surface area (Å²) in [5.41, 5.74) is 7.37. The van der Waals surface area contributed by atoms with Crippen molar-refractivity contribution in [3.05, 3.63) is 23.8 Å². The number of nitrogens with two attached hydrogens (primary N) is 1. The van der Waals surface area contributed by atoms with Crippen LogP contribution in [0, 0.1) is 0 Å². The molecule has 6 heteroatoms. The molecular formula is C13H17FN2O3. The van der Waals surface area contributed by atoms with Crippen LogP contribution in [0.2, 0.25) is 0 Å². The molecule has 1 unspecified atom stereocenters. The fourth-order valence-electron chi connectivity index (χ4n) is 1.90. The summed E-state index contributed by atoms with van der Waals surface area (Å²) in [6, 6.07) is 4.42. The highest BCUT2D eigenvalue weighted by atomic mass is 19.1. The van der Waals surface area contributed by atoms with Gasteiger partial charge < -0.3 is 20.5 Å². The Hall–Kier alpha value is -1.82. The van der Waals surface area contributed by atoms with Crippen molar-refractivity contribution in [1.82, 2.24) is 0 Å². The smallest absolute Gasteiger partial charge is 0.320 e. The van der Waals surface area contributed by atoms with Gasteiger partial charge in [0.15, 0.2) is 0 Å². The molecule has 3 N–H and O–H groups in total. The largest absolute Gasteiger partial charge is 0.491 e. The molecule has 5 nitrogen and oxygen atoms in total. The van der Waals surface area contributed by atoms with Crippen LogP contribution in [0.25, 0.3) is 0 Å². The second-order valence-electron chi connectivity index (χ2n) is 4.46. The molecule has 1 aliphatic heterocycles. The van der Waals surface area contributed by atoms with E-state index in [0.29, 0.717) is 5.75 Å². The molecule has 1 saturated heterocycles. The van der Waals surface area contributed by atoms with Crippen molar-refractivity contribution in [1.29, 1.82) is 0 Å². The van der Waals surface area contributed by atoms with Gasteiger partial charge in [0.1, 0.15) is 25.1 Å². The molecule has 0 bridgehead atoms. The van der Waals surface area contributed by atoms with Gasteiger partial charge in [0, 0.05) is 25.2 Å². The van der Waals surface area contributed by atoms with Gasteiger partial charge in [-0.3, -0.25) is 4.79 Å². The van der Waals surface area contributed by atoms with Gasteiger partial charge in [-0.15, -0.1) is 0 Å². The van der Waals surface area contributed by atoms with Crippen LogP contribution in [0.5, 0.6) is 5.75 Å². The van der Waals surface area contributed by atoms with Crippen molar-refractivity contribution in [3.63, 3.8) is 0 Å². The van der Waals surface area contributed by atoms with Crippen molar-refractivity contribution >= 4 is 11.7 Å². The molecular weight excluding hydrogens is 251 g/mol. The third-order valence-corrected chi connectivity index (χ3v) is 2.94. The van der Waals surface area contributed by atoms with Gasteiger partial charge in [-0.05, 0) is 23.8 Å². The molecule has 104 valence electrons. The first-order chi connectivity index (χ1) is 9.11. The van der Waals surface area contributed by atoms with Gasteiger partial charge in [-0.1, -0.05) is 0 Å². The number of nitrogens with zero attached hydrogens (tertiary/aromatic N) is 1. The molecule has 1 heterocycles. The summed E-state index contributed by atoms with van der Waals surface area (Å²) < 4.78 is 17.3. The average molecular weight is 268 g/mol. The van der Waals surface area contributed by atoms with Gasteiger partial charge in [-0.2, -0.15) is 0 Å². The molecule has 1 atom stereocenters. The van der Waals surface area contributed by atoms with Crippen LogP contribution in [-0.4, -0.2) is 43.5 Å². The minimum absolute atomic E-state index is 0.00646. The fourth-order valence-corrected chi connectivity index (χ4v) is 1.90. The van der Waals surface area contributed by atoms with Gasteiger partial charge in [-0.25, -0.2) is 4.39 Å². The van der Waals surface area contributed by atoms with E-state index in [1.54, 1.807) is 12.1 Å². The number of carbonyl (C=O) groups is 1. The molecule has 2 rings (SSSR count). The van der Waals surface area contributed by atoms with E-state index in [-0.39, 0.29) is 13.0 Å². The zero-order valence-electron chi connectivity index (χ0n) is 10.5. The Kier molecular flexibility index (Phi) is 4.21. The number of carboxylic acid groups (broad SMARTS) is 1. The van der Waals surface area contributed by atoms with Crippen LogP contribution < -0.4 is 15.4 Å². The minimum Gasteiger partial charge on any atom is -0.491 e. The lowest BCUT2D eigenvalue weighted by atomic mass is 10.0. The number of carboxylic acids is 1.